The zero-order valence-corrected chi connectivity index (χ0v) is 19.8. The third-order valence-corrected chi connectivity index (χ3v) is 8.59. The number of amidine groups is 1. The van der Waals surface area contributed by atoms with Gasteiger partial charge in [0.2, 0.25) is 9.84 Å². The van der Waals surface area contributed by atoms with Gasteiger partial charge in [-0.3, -0.25) is 5.41 Å². The molecule has 2 aromatic carbocycles. The van der Waals surface area contributed by atoms with Gasteiger partial charge in [0.05, 0.1) is 18.9 Å². The molecule has 0 atom stereocenters. The standard InChI is InChI=1S/C19H18N2O2S3.C2HF3O2/c1-12-8-9-14(10-15(12)13-6-4-3-5-7-13)26(22,23)17-11-16(18(20)21)25-19(17)24-2;3-2(4,5)1(6)7/h3-11H,1-2H3,(H3,20,21);(H,6,7). The molecule has 0 saturated carbocycles. The van der Waals surface area contributed by atoms with Crippen LogP contribution in [-0.2, 0) is 14.6 Å². The van der Waals surface area contributed by atoms with Crippen molar-refractivity contribution in [3.8, 4) is 11.1 Å². The first-order valence-corrected chi connectivity index (χ1v) is 12.5. The van der Waals surface area contributed by atoms with E-state index >= 15 is 0 Å². The second kappa shape index (κ2) is 10.4. The summed E-state index contributed by atoms with van der Waals surface area (Å²) in [4.78, 5) is 9.81. The number of hydrogen-bond donors (Lipinski definition) is 3. The molecule has 0 aliphatic rings. The first-order valence-electron chi connectivity index (χ1n) is 9.02. The lowest BCUT2D eigenvalue weighted by atomic mass is 10.0. The summed E-state index contributed by atoms with van der Waals surface area (Å²) in [5.41, 5.74) is 8.41. The van der Waals surface area contributed by atoms with Crippen LogP contribution in [0.1, 0.15) is 10.4 Å². The number of thiophene rings is 1. The van der Waals surface area contributed by atoms with Crippen LogP contribution < -0.4 is 5.73 Å². The first-order chi connectivity index (χ1) is 15.3. The highest BCUT2D eigenvalue weighted by Crippen LogP contribution is 2.38. The van der Waals surface area contributed by atoms with Crippen LogP contribution in [0.4, 0.5) is 13.2 Å². The van der Waals surface area contributed by atoms with Gasteiger partial charge in [0, 0.05) is 0 Å². The van der Waals surface area contributed by atoms with Crippen molar-refractivity contribution >= 4 is 44.7 Å². The molecule has 0 aliphatic carbocycles. The van der Waals surface area contributed by atoms with E-state index in [2.05, 4.69) is 0 Å². The van der Waals surface area contributed by atoms with Gasteiger partial charge in [0.1, 0.15) is 5.84 Å². The van der Waals surface area contributed by atoms with Crippen molar-refractivity contribution < 1.29 is 31.5 Å². The zero-order chi connectivity index (χ0) is 25.0. The van der Waals surface area contributed by atoms with Crippen molar-refractivity contribution in [3.05, 3.63) is 65.0 Å². The van der Waals surface area contributed by atoms with Gasteiger partial charge in [-0.25, -0.2) is 13.2 Å². The molecular weight excluding hydrogens is 497 g/mol. The average molecular weight is 517 g/mol. The summed E-state index contributed by atoms with van der Waals surface area (Å²) >= 11 is 2.57. The molecule has 0 radical (unpaired) electrons. The van der Waals surface area contributed by atoms with Crippen LogP contribution in [0.3, 0.4) is 0 Å². The van der Waals surface area contributed by atoms with Crippen LogP contribution in [0.5, 0.6) is 0 Å². The minimum atomic E-state index is -5.08. The Balaban J connectivity index is 0.000000479. The van der Waals surface area contributed by atoms with Gasteiger partial charge in [0.25, 0.3) is 0 Å². The topological polar surface area (TPSA) is 121 Å². The van der Waals surface area contributed by atoms with E-state index in [1.54, 1.807) is 12.1 Å². The largest absolute Gasteiger partial charge is 0.490 e. The molecule has 4 N–H and O–H groups in total. The molecule has 0 saturated heterocycles. The van der Waals surface area contributed by atoms with E-state index in [-0.39, 0.29) is 15.6 Å². The van der Waals surface area contributed by atoms with Crippen LogP contribution in [0.25, 0.3) is 11.1 Å². The molecular formula is C21H19F3N2O4S3. The molecule has 0 spiro atoms. The maximum atomic E-state index is 13.2. The molecule has 176 valence electrons. The second-order valence-electron chi connectivity index (χ2n) is 6.53. The van der Waals surface area contributed by atoms with E-state index < -0.39 is 22.0 Å². The number of thioether (sulfide) groups is 1. The van der Waals surface area contributed by atoms with E-state index in [0.29, 0.717) is 9.09 Å². The Bertz CT molecular complexity index is 1270. The smallest absolute Gasteiger partial charge is 0.475 e. The van der Waals surface area contributed by atoms with E-state index in [9.17, 15) is 21.6 Å². The van der Waals surface area contributed by atoms with Crippen LogP contribution in [0.2, 0.25) is 0 Å². The highest BCUT2D eigenvalue weighted by Gasteiger charge is 2.38. The summed E-state index contributed by atoms with van der Waals surface area (Å²) in [5, 5.41) is 14.7. The predicted molar refractivity (Wildman–Crippen MR) is 123 cm³/mol. The van der Waals surface area contributed by atoms with Gasteiger partial charge in [-0.2, -0.15) is 13.2 Å². The van der Waals surface area contributed by atoms with Crippen molar-refractivity contribution in [1.29, 1.82) is 5.41 Å². The number of halogens is 3. The molecule has 0 amide bonds. The highest BCUT2D eigenvalue weighted by molar-refractivity contribution is 8.01. The maximum absolute atomic E-state index is 13.2. The molecule has 3 rings (SSSR count). The Morgan fingerprint density at radius 1 is 1.12 bits per heavy atom. The monoisotopic (exact) mass is 516 g/mol. The van der Waals surface area contributed by atoms with E-state index in [1.165, 1.54) is 29.2 Å². The summed E-state index contributed by atoms with van der Waals surface area (Å²) in [5.74, 6) is -2.88. The minimum absolute atomic E-state index is 0.124. The van der Waals surface area contributed by atoms with Crippen LogP contribution in [0, 0.1) is 12.3 Å². The normalized spacial score (nSPS) is 11.4. The Morgan fingerprint density at radius 3 is 2.18 bits per heavy atom. The molecule has 0 bridgehead atoms. The molecule has 12 heteroatoms. The molecule has 0 aliphatic heterocycles. The molecule has 0 fully saturated rings. The van der Waals surface area contributed by atoms with Crippen molar-refractivity contribution in [2.45, 2.75) is 27.1 Å². The number of nitrogens with one attached hydrogen (secondary N) is 1. The van der Waals surface area contributed by atoms with Crippen LogP contribution in [0.15, 0.2) is 68.6 Å². The zero-order valence-electron chi connectivity index (χ0n) is 17.3. The first kappa shape index (κ1) is 26.4. The minimum Gasteiger partial charge on any atom is -0.475 e. The fourth-order valence-electron chi connectivity index (χ4n) is 2.64. The Hall–Kier alpha value is -2.83. The summed E-state index contributed by atoms with van der Waals surface area (Å²) in [6.45, 7) is 1.96. The summed E-state index contributed by atoms with van der Waals surface area (Å²) < 4.78 is 58.8. The number of carboxylic acids is 1. The fourth-order valence-corrected chi connectivity index (χ4v) is 6.53. The molecule has 1 aromatic heterocycles. The number of nitrogen functional groups attached to an aromatic ring is 1. The van der Waals surface area contributed by atoms with Gasteiger partial charge >= 0.3 is 12.1 Å². The third kappa shape index (κ3) is 6.36. The van der Waals surface area contributed by atoms with Crippen molar-refractivity contribution in [3.63, 3.8) is 0 Å². The number of nitrogens with two attached hydrogens (primary N) is 1. The number of carboxylic acid groups (broad SMARTS) is 1. The molecule has 33 heavy (non-hydrogen) atoms. The number of rotatable bonds is 5. The fraction of sp³-hybridized carbons (Fsp3) is 0.143. The average Bonchev–Trinajstić information content (AvgIpc) is 3.20. The summed E-state index contributed by atoms with van der Waals surface area (Å²) in [6, 6.07) is 16.4. The molecule has 6 nitrogen and oxygen atoms in total. The summed E-state index contributed by atoms with van der Waals surface area (Å²) in [6.07, 6.45) is -3.26. The Labute approximate surface area is 196 Å². The number of carbonyl (C=O) groups is 1. The van der Waals surface area contributed by atoms with Gasteiger partial charge in [-0.15, -0.1) is 23.1 Å². The predicted octanol–water partition coefficient (Wildman–Crippen LogP) is 5.20. The lowest BCUT2D eigenvalue weighted by Gasteiger charge is -2.10. The molecule has 0 unspecified atom stereocenters. The molecule has 3 aromatic rings. The Kier molecular flexibility index (Phi) is 8.33. The number of sulfone groups is 1. The number of aliphatic carboxylic acids is 1. The number of benzene rings is 2. The second-order valence-corrected chi connectivity index (χ2v) is 10.6. The lowest BCUT2D eigenvalue weighted by Crippen LogP contribution is -2.21. The SMILES string of the molecule is CSc1sc(C(=N)N)cc1S(=O)(=O)c1ccc(C)c(-c2ccccc2)c1.O=C(O)C(F)(F)F. The number of hydrogen-bond acceptors (Lipinski definition) is 6. The van der Waals surface area contributed by atoms with Gasteiger partial charge in [-0.1, -0.05) is 36.4 Å². The maximum Gasteiger partial charge on any atom is 0.490 e. The lowest BCUT2D eigenvalue weighted by molar-refractivity contribution is -0.192. The van der Waals surface area contributed by atoms with E-state index in [0.717, 1.165) is 16.7 Å². The summed E-state index contributed by atoms with van der Waals surface area (Å²) in [7, 11) is -3.70. The van der Waals surface area contributed by atoms with Gasteiger partial charge < -0.3 is 10.8 Å². The quantitative estimate of drug-likeness (QED) is 0.244. The van der Waals surface area contributed by atoms with Crippen molar-refractivity contribution in [1.82, 2.24) is 0 Å². The van der Waals surface area contributed by atoms with Crippen LogP contribution in [-0.4, -0.2) is 37.8 Å². The van der Waals surface area contributed by atoms with Crippen molar-refractivity contribution in [2.75, 3.05) is 6.26 Å². The third-order valence-electron chi connectivity index (χ3n) is 4.25. The van der Waals surface area contributed by atoms with Gasteiger partial charge in [0.15, 0.2) is 0 Å². The van der Waals surface area contributed by atoms with E-state index in [4.69, 9.17) is 21.0 Å². The Morgan fingerprint density at radius 2 is 1.70 bits per heavy atom. The molecule has 1 heterocycles. The van der Waals surface area contributed by atoms with Crippen molar-refractivity contribution in [2.24, 2.45) is 5.73 Å². The van der Waals surface area contributed by atoms with Gasteiger partial charge in [-0.05, 0) is 48.1 Å². The number of alkyl halides is 3. The van der Waals surface area contributed by atoms with Crippen LogP contribution >= 0.6 is 23.1 Å². The van der Waals surface area contributed by atoms with E-state index in [1.807, 2.05) is 49.6 Å². The number of aryl methyl sites for hydroxylation is 1. The highest BCUT2D eigenvalue weighted by atomic mass is 32.2.